The second-order valence-electron chi connectivity index (χ2n) is 1.77. The van der Waals surface area contributed by atoms with Crippen molar-refractivity contribution in [2.45, 2.75) is 19.3 Å². The van der Waals surface area contributed by atoms with E-state index in [-0.39, 0.29) is 0 Å². The highest BCUT2D eigenvalue weighted by Gasteiger charge is 2.02. The second kappa shape index (κ2) is 1.92. The van der Waals surface area contributed by atoms with Gasteiger partial charge in [-0.25, -0.2) is 0 Å². The summed E-state index contributed by atoms with van der Waals surface area (Å²) in [7, 11) is 0. The van der Waals surface area contributed by atoms with Gasteiger partial charge in [0.05, 0.1) is 0 Å². The number of hydrogen-bond donors (Lipinski definition) is 0. The lowest BCUT2D eigenvalue weighted by atomic mass is 9.97. The molecule has 1 heteroatoms. The zero-order valence-corrected chi connectivity index (χ0v) is 4.18. The van der Waals surface area contributed by atoms with Crippen molar-refractivity contribution in [1.29, 1.82) is 0 Å². The quantitative estimate of drug-likeness (QED) is 0.374. The Morgan fingerprint density at radius 3 is 2.71 bits per heavy atom. The predicted molar refractivity (Wildman–Crippen MR) is 28.0 cm³/mol. The molecule has 1 nitrogen and oxygen atoms in total. The molecule has 38 valence electrons. The maximum absolute atomic E-state index is 9.77. The SMILES string of the molecule is O=CCC1=CCC1. The molecule has 0 unspecified atom stereocenters. The van der Waals surface area contributed by atoms with Crippen molar-refractivity contribution in [3.05, 3.63) is 11.6 Å². The topological polar surface area (TPSA) is 17.1 Å². The van der Waals surface area contributed by atoms with E-state index in [1.54, 1.807) is 0 Å². The molecular weight excluding hydrogens is 88.1 g/mol. The van der Waals surface area contributed by atoms with Crippen molar-refractivity contribution in [1.82, 2.24) is 0 Å². The first-order valence-electron chi connectivity index (χ1n) is 2.55. The van der Waals surface area contributed by atoms with Gasteiger partial charge in [-0.1, -0.05) is 11.6 Å². The van der Waals surface area contributed by atoms with Gasteiger partial charge in [0.25, 0.3) is 0 Å². The third-order valence-electron chi connectivity index (χ3n) is 1.24. The molecule has 0 atom stereocenters. The summed E-state index contributed by atoms with van der Waals surface area (Å²) in [4.78, 5) is 9.77. The first-order valence-corrected chi connectivity index (χ1v) is 2.55. The molecule has 0 radical (unpaired) electrons. The smallest absolute Gasteiger partial charge is 0.124 e. The molecule has 1 rings (SSSR count). The summed E-state index contributed by atoms with van der Waals surface area (Å²) in [5.74, 6) is 0. The Labute approximate surface area is 43.0 Å². The van der Waals surface area contributed by atoms with Crippen molar-refractivity contribution in [3.8, 4) is 0 Å². The van der Waals surface area contributed by atoms with Crippen LogP contribution < -0.4 is 0 Å². The lowest BCUT2D eigenvalue weighted by molar-refractivity contribution is -0.107. The van der Waals surface area contributed by atoms with Gasteiger partial charge in [-0.15, -0.1) is 0 Å². The molecule has 0 saturated heterocycles. The molecule has 0 bridgehead atoms. The van der Waals surface area contributed by atoms with Gasteiger partial charge in [-0.2, -0.15) is 0 Å². The Balaban J connectivity index is 2.27. The van der Waals surface area contributed by atoms with Crippen molar-refractivity contribution in [2.75, 3.05) is 0 Å². The van der Waals surface area contributed by atoms with E-state index in [1.165, 1.54) is 12.0 Å². The van der Waals surface area contributed by atoms with E-state index in [1.807, 2.05) is 0 Å². The van der Waals surface area contributed by atoms with Crippen LogP contribution in [0.15, 0.2) is 11.6 Å². The molecule has 0 amide bonds. The van der Waals surface area contributed by atoms with Crippen LogP contribution in [0.2, 0.25) is 0 Å². The average molecular weight is 96.1 g/mol. The average Bonchev–Trinajstić information content (AvgIpc) is 1.55. The highest BCUT2D eigenvalue weighted by Crippen LogP contribution is 2.19. The molecule has 0 aliphatic heterocycles. The maximum atomic E-state index is 9.77. The zero-order valence-electron chi connectivity index (χ0n) is 4.18. The van der Waals surface area contributed by atoms with Crippen LogP contribution >= 0.6 is 0 Å². The fraction of sp³-hybridized carbons (Fsp3) is 0.500. The summed E-state index contributed by atoms with van der Waals surface area (Å²) < 4.78 is 0. The van der Waals surface area contributed by atoms with Gasteiger partial charge >= 0.3 is 0 Å². The summed E-state index contributed by atoms with van der Waals surface area (Å²) in [6, 6.07) is 0. The lowest BCUT2D eigenvalue weighted by Gasteiger charge is -2.09. The van der Waals surface area contributed by atoms with Crippen molar-refractivity contribution in [3.63, 3.8) is 0 Å². The molecule has 0 aromatic carbocycles. The number of aldehydes is 1. The Kier molecular flexibility index (Phi) is 1.25. The number of carbonyl (C=O) groups excluding carboxylic acids is 1. The molecule has 0 aromatic rings. The summed E-state index contributed by atoms with van der Waals surface area (Å²) in [5, 5.41) is 0. The van der Waals surface area contributed by atoms with E-state index in [9.17, 15) is 4.79 Å². The molecule has 0 spiro atoms. The molecule has 0 N–H and O–H groups in total. The summed E-state index contributed by atoms with van der Waals surface area (Å²) in [5.41, 5.74) is 1.31. The number of hydrogen-bond acceptors (Lipinski definition) is 1. The minimum atomic E-state index is 0.667. The summed E-state index contributed by atoms with van der Waals surface area (Å²) >= 11 is 0. The van der Waals surface area contributed by atoms with Crippen molar-refractivity contribution < 1.29 is 4.79 Å². The number of allylic oxidation sites excluding steroid dienone is 2. The third-order valence-corrected chi connectivity index (χ3v) is 1.24. The van der Waals surface area contributed by atoms with Crippen molar-refractivity contribution in [2.24, 2.45) is 0 Å². The van der Waals surface area contributed by atoms with Gasteiger partial charge in [0.2, 0.25) is 0 Å². The lowest BCUT2D eigenvalue weighted by Crippen LogP contribution is -1.93. The normalized spacial score (nSPS) is 17.4. The van der Waals surface area contributed by atoms with E-state index >= 15 is 0 Å². The van der Waals surface area contributed by atoms with Crippen LogP contribution in [0.1, 0.15) is 19.3 Å². The maximum Gasteiger partial charge on any atom is 0.124 e. The predicted octanol–water partition coefficient (Wildman–Crippen LogP) is 1.30. The Morgan fingerprint density at radius 2 is 2.57 bits per heavy atom. The highest BCUT2D eigenvalue weighted by atomic mass is 16.1. The van der Waals surface area contributed by atoms with Crippen molar-refractivity contribution >= 4 is 6.29 Å². The van der Waals surface area contributed by atoms with Gasteiger partial charge in [0, 0.05) is 6.42 Å². The molecule has 1 aliphatic carbocycles. The minimum Gasteiger partial charge on any atom is -0.303 e. The van der Waals surface area contributed by atoms with Crippen LogP contribution in [0.25, 0.3) is 0 Å². The van der Waals surface area contributed by atoms with Crippen LogP contribution in [0, 0.1) is 0 Å². The Morgan fingerprint density at radius 1 is 1.86 bits per heavy atom. The van der Waals surface area contributed by atoms with E-state index < -0.39 is 0 Å². The number of carbonyl (C=O) groups is 1. The third kappa shape index (κ3) is 0.889. The molecule has 0 heterocycles. The van der Waals surface area contributed by atoms with Crippen LogP contribution in [0.5, 0.6) is 0 Å². The van der Waals surface area contributed by atoms with Crippen LogP contribution in [0.3, 0.4) is 0 Å². The van der Waals surface area contributed by atoms with E-state index in [2.05, 4.69) is 6.08 Å². The molecule has 0 aromatic heterocycles. The summed E-state index contributed by atoms with van der Waals surface area (Å²) in [6.07, 6.45) is 6.08. The fourth-order valence-electron chi connectivity index (χ4n) is 0.641. The fourth-order valence-corrected chi connectivity index (χ4v) is 0.641. The molecule has 7 heavy (non-hydrogen) atoms. The highest BCUT2D eigenvalue weighted by molar-refractivity contribution is 5.55. The van der Waals surface area contributed by atoms with Gasteiger partial charge < -0.3 is 4.79 Å². The largest absolute Gasteiger partial charge is 0.303 e. The second-order valence-corrected chi connectivity index (χ2v) is 1.77. The van der Waals surface area contributed by atoms with E-state index in [0.29, 0.717) is 6.42 Å². The monoisotopic (exact) mass is 96.1 g/mol. The van der Waals surface area contributed by atoms with Crippen LogP contribution in [-0.2, 0) is 4.79 Å². The molecule has 0 saturated carbocycles. The van der Waals surface area contributed by atoms with E-state index in [0.717, 1.165) is 12.7 Å². The van der Waals surface area contributed by atoms with Crippen LogP contribution in [0.4, 0.5) is 0 Å². The number of rotatable bonds is 2. The Bertz CT molecular complexity index is 103. The zero-order chi connectivity index (χ0) is 5.11. The Hall–Kier alpha value is -0.590. The minimum absolute atomic E-state index is 0.667. The molecule has 1 aliphatic rings. The van der Waals surface area contributed by atoms with Gasteiger partial charge in [-0.05, 0) is 12.8 Å². The summed E-state index contributed by atoms with van der Waals surface area (Å²) in [6.45, 7) is 0. The first-order chi connectivity index (χ1) is 3.43. The van der Waals surface area contributed by atoms with Crippen LogP contribution in [-0.4, -0.2) is 6.29 Å². The van der Waals surface area contributed by atoms with Gasteiger partial charge in [0.1, 0.15) is 6.29 Å². The standard InChI is InChI=1S/C6H8O/c7-5-4-6-2-1-3-6/h2,5H,1,3-4H2. The molecular formula is C6H8O. The molecule has 0 fully saturated rings. The first kappa shape index (κ1) is 4.57. The van der Waals surface area contributed by atoms with Gasteiger partial charge in [0.15, 0.2) is 0 Å². The van der Waals surface area contributed by atoms with Gasteiger partial charge in [-0.3, -0.25) is 0 Å². The van der Waals surface area contributed by atoms with E-state index in [4.69, 9.17) is 0 Å².